The Morgan fingerprint density at radius 1 is 0.776 bits per heavy atom. The van der Waals surface area contributed by atoms with E-state index in [0.29, 0.717) is 70.3 Å². The standard InChI is InChI=1S/C37H49N7O5/c38-20-6-1-2-17-30(35(47)41-28-15-9-14-27(23-28)34(40)46)42-36(48)31(18-5-7-21-39)43-37(49)32-19-10-22-44(32)33(45)24-26-13-8-12-25-11-3-4-16-29(25)26/h3-4,8-9,11-16,23,30-32H,1-2,5-7,10,17-22,24,38-39H2,(H2,40,46)(H,41,47)(H,42,48)(H,43,49)/t30-,31-,32-/m0/s1. The second kappa shape index (κ2) is 18.7. The van der Waals surface area contributed by atoms with Crippen molar-refractivity contribution in [2.24, 2.45) is 17.2 Å². The van der Waals surface area contributed by atoms with Crippen LogP contribution < -0.4 is 33.2 Å². The molecule has 12 nitrogen and oxygen atoms in total. The van der Waals surface area contributed by atoms with Crippen molar-refractivity contribution < 1.29 is 24.0 Å². The number of nitrogens with one attached hydrogen (secondary N) is 3. The number of unbranched alkanes of at least 4 members (excludes halogenated alkanes) is 3. The average molecular weight is 672 g/mol. The Hall–Kier alpha value is -4.81. The molecule has 0 aliphatic carbocycles. The number of rotatable bonds is 18. The Balaban J connectivity index is 1.46. The highest BCUT2D eigenvalue weighted by Crippen LogP contribution is 2.23. The minimum atomic E-state index is -0.938. The molecule has 0 bridgehead atoms. The number of anilines is 1. The first kappa shape index (κ1) is 37.0. The number of hydrogen-bond acceptors (Lipinski definition) is 7. The lowest BCUT2D eigenvalue weighted by Crippen LogP contribution is -2.56. The number of benzene rings is 3. The van der Waals surface area contributed by atoms with Gasteiger partial charge in [0.25, 0.3) is 0 Å². The molecule has 5 amide bonds. The SMILES string of the molecule is NCCCCC[C@H](NC(=O)[C@H](CCCCN)NC(=O)[C@@H]1CCCN1C(=O)Cc1cccc2ccccc12)C(=O)Nc1cccc(C(N)=O)c1. The van der Waals surface area contributed by atoms with Crippen LogP contribution in [0.4, 0.5) is 5.69 Å². The summed E-state index contributed by atoms with van der Waals surface area (Å²) in [6, 6.07) is 17.4. The first-order chi connectivity index (χ1) is 23.7. The second-order valence-corrected chi connectivity index (χ2v) is 12.5. The number of hydrogen-bond donors (Lipinski definition) is 6. The van der Waals surface area contributed by atoms with Crippen LogP contribution in [-0.2, 0) is 25.6 Å². The number of carbonyl (C=O) groups is 5. The molecule has 4 rings (SSSR count). The molecule has 3 atom stereocenters. The average Bonchev–Trinajstić information content (AvgIpc) is 3.60. The summed E-state index contributed by atoms with van der Waals surface area (Å²) in [5.41, 5.74) is 18.3. The molecule has 262 valence electrons. The van der Waals surface area contributed by atoms with Gasteiger partial charge in [0.2, 0.25) is 29.5 Å². The van der Waals surface area contributed by atoms with E-state index in [9.17, 15) is 24.0 Å². The summed E-state index contributed by atoms with van der Waals surface area (Å²) < 4.78 is 0. The van der Waals surface area contributed by atoms with Gasteiger partial charge in [0.1, 0.15) is 18.1 Å². The molecule has 0 aromatic heterocycles. The lowest BCUT2D eigenvalue weighted by Gasteiger charge is -2.28. The molecule has 1 saturated heterocycles. The highest BCUT2D eigenvalue weighted by atomic mass is 16.2. The third-order valence-corrected chi connectivity index (χ3v) is 8.92. The highest BCUT2D eigenvalue weighted by Gasteiger charge is 2.36. The lowest BCUT2D eigenvalue weighted by atomic mass is 10.0. The third kappa shape index (κ3) is 10.6. The zero-order valence-corrected chi connectivity index (χ0v) is 28.0. The molecule has 3 aromatic carbocycles. The fraction of sp³-hybridized carbons (Fsp3) is 0.432. The van der Waals surface area contributed by atoms with Gasteiger partial charge in [0.05, 0.1) is 6.42 Å². The molecule has 49 heavy (non-hydrogen) atoms. The van der Waals surface area contributed by atoms with Crippen molar-refractivity contribution in [3.8, 4) is 0 Å². The molecule has 1 fully saturated rings. The Labute approximate surface area is 287 Å². The molecule has 1 aliphatic heterocycles. The molecule has 0 radical (unpaired) electrons. The minimum absolute atomic E-state index is 0.146. The fourth-order valence-electron chi connectivity index (χ4n) is 6.27. The van der Waals surface area contributed by atoms with Gasteiger partial charge in [-0.25, -0.2) is 0 Å². The number of likely N-dealkylation sites (tertiary alicyclic amines) is 1. The van der Waals surface area contributed by atoms with Crippen molar-refractivity contribution >= 4 is 46.0 Å². The maximum absolute atomic E-state index is 13.8. The Morgan fingerprint density at radius 3 is 2.20 bits per heavy atom. The van der Waals surface area contributed by atoms with E-state index in [4.69, 9.17) is 17.2 Å². The Kier molecular flexibility index (Phi) is 14.1. The molecular formula is C37H49N7O5. The van der Waals surface area contributed by atoms with Gasteiger partial charge in [0, 0.05) is 17.8 Å². The van der Waals surface area contributed by atoms with Gasteiger partial charge in [-0.2, -0.15) is 0 Å². The molecule has 12 heteroatoms. The van der Waals surface area contributed by atoms with Crippen LogP contribution in [0.15, 0.2) is 66.7 Å². The van der Waals surface area contributed by atoms with E-state index in [1.54, 1.807) is 23.1 Å². The van der Waals surface area contributed by atoms with Crippen LogP contribution in [0.3, 0.4) is 0 Å². The molecule has 9 N–H and O–H groups in total. The van der Waals surface area contributed by atoms with Crippen LogP contribution in [-0.4, -0.2) is 72.2 Å². The summed E-state index contributed by atoms with van der Waals surface area (Å²) in [6.45, 7) is 1.40. The molecular weight excluding hydrogens is 622 g/mol. The minimum Gasteiger partial charge on any atom is -0.366 e. The summed E-state index contributed by atoms with van der Waals surface area (Å²) >= 11 is 0. The first-order valence-corrected chi connectivity index (χ1v) is 17.2. The maximum atomic E-state index is 13.8. The smallest absolute Gasteiger partial charge is 0.248 e. The van der Waals surface area contributed by atoms with Gasteiger partial charge >= 0.3 is 0 Å². The number of amides is 5. The van der Waals surface area contributed by atoms with Crippen molar-refractivity contribution in [2.45, 2.75) is 82.3 Å². The van der Waals surface area contributed by atoms with Crippen molar-refractivity contribution in [1.29, 1.82) is 0 Å². The van der Waals surface area contributed by atoms with Gasteiger partial charge < -0.3 is 38.1 Å². The fourth-order valence-corrected chi connectivity index (χ4v) is 6.27. The topological polar surface area (TPSA) is 203 Å². The Morgan fingerprint density at radius 2 is 1.45 bits per heavy atom. The second-order valence-electron chi connectivity index (χ2n) is 12.5. The number of fused-ring (bicyclic) bond motifs is 1. The van der Waals surface area contributed by atoms with Crippen LogP contribution >= 0.6 is 0 Å². The van der Waals surface area contributed by atoms with Gasteiger partial charge in [-0.05, 0) is 92.6 Å². The predicted molar refractivity (Wildman–Crippen MR) is 190 cm³/mol. The zero-order chi connectivity index (χ0) is 35.2. The van der Waals surface area contributed by atoms with E-state index in [1.807, 2.05) is 42.5 Å². The summed E-state index contributed by atoms with van der Waals surface area (Å²) in [5, 5.41) is 10.6. The summed E-state index contributed by atoms with van der Waals surface area (Å²) in [7, 11) is 0. The molecule has 1 aliphatic rings. The van der Waals surface area contributed by atoms with Crippen molar-refractivity contribution in [2.75, 3.05) is 25.0 Å². The molecule has 0 saturated carbocycles. The summed E-state index contributed by atoms with van der Waals surface area (Å²) in [6.07, 6.45) is 5.39. The van der Waals surface area contributed by atoms with Crippen molar-refractivity contribution in [3.63, 3.8) is 0 Å². The number of nitrogens with two attached hydrogens (primary N) is 3. The van der Waals surface area contributed by atoms with Gasteiger partial charge in [-0.15, -0.1) is 0 Å². The van der Waals surface area contributed by atoms with E-state index >= 15 is 0 Å². The van der Waals surface area contributed by atoms with Crippen LogP contribution in [0.1, 0.15) is 73.7 Å². The van der Waals surface area contributed by atoms with E-state index in [1.165, 1.54) is 6.07 Å². The normalized spacial score (nSPS) is 15.4. The van der Waals surface area contributed by atoms with E-state index in [2.05, 4.69) is 16.0 Å². The van der Waals surface area contributed by atoms with Gasteiger partial charge in [-0.3, -0.25) is 24.0 Å². The monoisotopic (exact) mass is 671 g/mol. The van der Waals surface area contributed by atoms with Crippen LogP contribution in [0, 0.1) is 0 Å². The Bertz CT molecular complexity index is 1610. The lowest BCUT2D eigenvalue weighted by molar-refractivity contribution is -0.139. The van der Waals surface area contributed by atoms with Crippen LogP contribution in [0.25, 0.3) is 10.8 Å². The van der Waals surface area contributed by atoms with Gasteiger partial charge in [0.15, 0.2) is 0 Å². The number of nitrogens with zero attached hydrogens (tertiary/aromatic N) is 1. The highest BCUT2D eigenvalue weighted by molar-refractivity contribution is 6.00. The zero-order valence-electron chi connectivity index (χ0n) is 28.0. The largest absolute Gasteiger partial charge is 0.366 e. The molecule has 3 aromatic rings. The summed E-state index contributed by atoms with van der Waals surface area (Å²) in [5.74, 6) is -2.14. The number of carbonyl (C=O) groups excluding carboxylic acids is 5. The van der Waals surface area contributed by atoms with Gasteiger partial charge in [-0.1, -0.05) is 61.4 Å². The van der Waals surface area contributed by atoms with E-state index in [0.717, 1.165) is 29.2 Å². The van der Waals surface area contributed by atoms with Crippen molar-refractivity contribution in [1.82, 2.24) is 15.5 Å². The van der Waals surface area contributed by atoms with E-state index < -0.39 is 41.8 Å². The van der Waals surface area contributed by atoms with Crippen LogP contribution in [0.2, 0.25) is 0 Å². The maximum Gasteiger partial charge on any atom is 0.248 e. The molecule has 0 spiro atoms. The van der Waals surface area contributed by atoms with E-state index in [-0.39, 0.29) is 17.9 Å². The molecule has 1 heterocycles. The quantitative estimate of drug-likeness (QED) is 0.112. The summed E-state index contributed by atoms with van der Waals surface area (Å²) in [4.78, 5) is 67.8. The van der Waals surface area contributed by atoms with Crippen molar-refractivity contribution in [3.05, 3.63) is 77.9 Å². The predicted octanol–water partition coefficient (Wildman–Crippen LogP) is 2.73. The third-order valence-electron chi connectivity index (χ3n) is 8.92. The first-order valence-electron chi connectivity index (χ1n) is 17.2. The number of primary amides is 1. The van der Waals surface area contributed by atoms with Crippen LogP contribution in [0.5, 0.6) is 0 Å². The molecule has 0 unspecified atom stereocenters.